The van der Waals surface area contributed by atoms with E-state index < -0.39 is 28.4 Å². The number of nitrogens with one attached hydrogen (secondary N) is 1. The maximum Gasteiger partial charge on any atom is 0.264 e. The minimum Gasteiger partial charge on any atom is -0.497 e. The SMILES string of the molecule is COc1ccc(N(CC(=O)N/N=C\c2ccc(OCC(N)=O)cc2)S(=O)(=O)c2ccc(C)cc2)cc1. The number of carbonyl (C=O) groups excluding carboxylic acids is 2. The summed E-state index contributed by atoms with van der Waals surface area (Å²) >= 11 is 0. The first-order chi connectivity index (χ1) is 17.2. The number of hydrogen-bond acceptors (Lipinski definition) is 7. The van der Waals surface area contributed by atoms with E-state index in [4.69, 9.17) is 15.2 Å². The fourth-order valence-corrected chi connectivity index (χ4v) is 4.47. The van der Waals surface area contributed by atoms with Crippen LogP contribution in [0.5, 0.6) is 11.5 Å². The molecule has 0 aliphatic carbocycles. The van der Waals surface area contributed by atoms with Gasteiger partial charge in [0.15, 0.2) is 6.61 Å². The molecule has 3 N–H and O–H groups in total. The second-order valence-corrected chi connectivity index (χ2v) is 9.50. The van der Waals surface area contributed by atoms with Gasteiger partial charge in [-0.05, 0) is 73.2 Å². The van der Waals surface area contributed by atoms with Gasteiger partial charge in [-0.25, -0.2) is 13.8 Å². The van der Waals surface area contributed by atoms with Gasteiger partial charge < -0.3 is 15.2 Å². The number of primary amides is 1. The number of anilines is 1. The Morgan fingerprint density at radius 3 is 2.17 bits per heavy atom. The maximum absolute atomic E-state index is 13.4. The number of sulfonamides is 1. The maximum atomic E-state index is 13.4. The monoisotopic (exact) mass is 510 g/mol. The Kier molecular flexibility index (Phi) is 8.63. The van der Waals surface area contributed by atoms with Crippen LogP contribution in [0.4, 0.5) is 5.69 Å². The lowest BCUT2D eigenvalue weighted by Gasteiger charge is -2.24. The van der Waals surface area contributed by atoms with Gasteiger partial charge in [-0.1, -0.05) is 17.7 Å². The van der Waals surface area contributed by atoms with Crippen LogP contribution in [-0.4, -0.2) is 46.7 Å². The summed E-state index contributed by atoms with van der Waals surface area (Å²) in [5.41, 5.74) is 9.23. The smallest absolute Gasteiger partial charge is 0.264 e. The second-order valence-electron chi connectivity index (χ2n) is 7.64. The van der Waals surface area contributed by atoms with Gasteiger partial charge in [0.2, 0.25) is 0 Å². The van der Waals surface area contributed by atoms with Crippen molar-refractivity contribution in [3.05, 3.63) is 83.9 Å². The van der Waals surface area contributed by atoms with Crippen LogP contribution in [0.15, 0.2) is 82.8 Å². The first-order valence-electron chi connectivity index (χ1n) is 10.8. The lowest BCUT2D eigenvalue weighted by molar-refractivity contribution is -0.120. The molecule has 0 saturated carbocycles. The number of nitrogens with zero attached hydrogens (tertiary/aromatic N) is 2. The van der Waals surface area contributed by atoms with Crippen molar-refractivity contribution in [2.24, 2.45) is 10.8 Å². The van der Waals surface area contributed by atoms with E-state index in [9.17, 15) is 18.0 Å². The predicted molar refractivity (Wildman–Crippen MR) is 136 cm³/mol. The Hall–Kier alpha value is -4.38. The van der Waals surface area contributed by atoms with Gasteiger partial charge in [0.25, 0.3) is 21.8 Å². The summed E-state index contributed by atoms with van der Waals surface area (Å²) in [4.78, 5) is 23.5. The van der Waals surface area contributed by atoms with Crippen LogP contribution in [0.2, 0.25) is 0 Å². The quantitative estimate of drug-likeness (QED) is 0.299. The summed E-state index contributed by atoms with van der Waals surface area (Å²) in [7, 11) is -2.54. The average Bonchev–Trinajstić information content (AvgIpc) is 2.87. The Morgan fingerprint density at radius 1 is 0.972 bits per heavy atom. The number of aryl methyl sites for hydroxylation is 1. The molecule has 0 aromatic heterocycles. The van der Waals surface area contributed by atoms with Crippen LogP contribution in [0.3, 0.4) is 0 Å². The molecule has 3 rings (SSSR count). The Balaban J connectivity index is 1.74. The molecule has 0 saturated heterocycles. The molecule has 0 aliphatic heterocycles. The van der Waals surface area contributed by atoms with Gasteiger partial charge in [-0.15, -0.1) is 0 Å². The molecule has 36 heavy (non-hydrogen) atoms. The van der Waals surface area contributed by atoms with E-state index in [2.05, 4.69) is 10.5 Å². The fraction of sp³-hybridized carbons (Fsp3) is 0.160. The lowest BCUT2D eigenvalue weighted by Crippen LogP contribution is -2.39. The van der Waals surface area contributed by atoms with Gasteiger partial charge >= 0.3 is 0 Å². The van der Waals surface area contributed by atoms with Crippen molar-refractivity contribution < 1.29 is 27.5 Å². The number of methoxy groups -OCH3 is 1. The van der Waals surface area contributed by atoms with Crippen molar-refractivity contribution in [1.82, 2.24) is 5.43 Å². The zero-order valence-corrected chi connectivity index (χ0v) is 20.6. The molecule has 0 heterocycles. The van der Waals surface area contributed by atoms with E-state index in [1.807, 2.05) is 6.92 Å². The van der Waals surface area contributed by atoms with E-state index in [0.717, 1.165) is 9.87 Å². The van der Waals surface area contributed by atoms with Gasteiger partial charge in [0, 0.05) is 0 Å². The van der Waals surface area contributed by atoms with Crippen molar-refractivity contribution in [3.63, 3.8) is 0 Å². The van der Waals surface area contributed by atoms with E-state index in [-0.39, 0.29) is 11.5 Å². The summed E-state index contributed by atoms with van der Waals surface area (Å²) in [6.45, 7) is 1.12. The van der Waals surface area contributed by atoms with Crippen molar-refractivity contribution in [1.29, 1.82) is 0 Å². The van der Waals surface area contributed by atoms with Crippen molar-refractivity contribution in [3.8, 4) is 11.5 Å². The highest BCUT2D eigenvalue weighted by molar-refractivity contribution is 7.92. The third-order valence-electron chi connectivity index (χ3n) is 4.92. The molecule has 188 valence electrons. The van der Waals surface area contributed by atoms with Crippen molar-refractivity contribution in [2.75, 3.05) is 24.6 Å². The number of amides is 2. The highest BCUT2D eigenvalue weighted by Crippen LogP contribution is 2.26. The topological polar surface area (TPSA) is 140 Å². The average molecular weight is 511 g/mol. The summed E-state index contributed by atoms with van der Waals surface area (Å²) in [5, 5.41) is 3.90. The van der Waals surface area contributed by atoms with Gasteiger partial charge in [-0.2, -0.15) is 5.10 Å². The van der Waals surface area contributed by atoms with E-state index >= 15 is 0 Å². The third kappa shape index (κ3) is 7.06. The molecule has 3 aromatic rings. The summed E-state index contributed by atoms with van der Waals surface area (Å²) in [5.74, 6) is -0.228. The van der Waals surface area contributed by atoms with Crippen molar-refractivity contribution in [2.45, 2.75) is 11.8 Å². The second kappa shape index (κ2) is 11.8. The first-order valence-corrected chi connectivity index (χ1v) is 12.2. The number of rotatable bonds is 11. The number of nitrogens with two attached hydrogens (primary N) is 1. The Bertz CT molecular complexity index is 1320. The molecule has 0 unspecified atom stereocenters. The summed E-state index contributed by atoms with van der Waals surface area (Å²) < 4.78 is 38.1. The highest BCUT2D eigenvalue weighted by atomic mass is 32.2. The molecule has 10 nitrogen and oxygen atoms in total. The van der Waals surface area contributed by atoms with E-state index in [0.29, 0.717) is 22.7 Å². The number of hydrazone groups is 1. The molecule has 0 bridgehead atoms. The van der Waals surface area contributed by atoms with Gasteiger partial charge in [0.1, 0.15) is 18.0 Å². The molecule has 11 heteroatoms. The Labute approximate surface area is 209 Å². The predicted octanol–water partition coefficient (Wildman–Crippen LogP) is 2.21. The molecule has 0 aliphatic rings. The largest absolute Gasteiger partial charge is 0.497 e. The molecule has 0 fully saturated rings. The minimum absolute atomic E-state index is 0.0545. The summed E-state index contributed by atoms with van der Waals surface area (Å²) in [6.07, 6.45) is 1.39. The van der Waals surface area contributed by atoms with Gasteiger partial charge in [-0.3, -0.25) is 13.9 Å². The van der Waals surface area contributed by atoms with Crippen LogP contribution in [0.1, 0.15) is 11.1 Å². The molecule has 0 atom stereocenters. The minimum atomic E-state index is -4.05. The van der Waals surface area contributed by atoms with E-state index in [1.165, 1.54) is 25.5 Å². The van der Waals surface area contributed by atoms with Gasteiger partial charge in [0.05, 0.1) is 23.9 Å². The standard InChI is InChI=1S/C25H26N4O6S/c1-18-3-13-23(14-4-18)36(32,33)29(20-7-11-21(34-2)12-8-20)16-25(31)28-27-15-19-5-9-22(10-6-19)35-17-24(26)30/h3-15H,16-17H2,1-2H3,(H2,26,30)(H,28,31)/b27-15-. The van der Waals surface area contributed by atoms with Crippen LogP contribution >= 0.6 is 0 Å². The fourth-order valence-electron chi connectivity index (χ4n) is 3.05. The lowest BCUT2D eigenvalue weighted by atomic mass is 10.2. The van der Waals surface area contributed by atoms with Crippen molar-refractivity contribution >= 4 is 33.7 Å². The molecular weight excluding hydrogens is 484 g/mol. The number of hydrogen-bond donors (Lipinski definition) is 2. The number of benzene rings is 3. The molecule has 2 amide bonds. The molecular formula is C25H26N4O6S. The Morgan fingerprint density at radius 2 is 1.58 bits per heavy atom. The van der Waals surface area contributed by atoms with E-state index in [1.54, 1.807) is 60.7 Å². The zero-order chi connectivity index (χ0) is 26.1. The molecule has 0 spiro atoms. The number of ether oxygens (including phenoxy) is 2. The van der Waals surface area contributed by atoms with Crippen LogP contribution in [-0.2, 0) is 19.6 Å². The first kappa shape index (κ1) is 26.2. The molecule has 3 aromatic carbocycles. The zero-order valence-electron chi connectivity index (χ0n) is 19.7. The van der Waals surface area contributed by atoms with Crippen LogP contribution in [0, 0.1) is 6.92 Å². The number of carbonyl (C=O) groups is 2. The van der Waals surface area contributed by atoms with Crippen LogP contribution < -0.4 is 24.9 Å². The summed E-state index contributed by atoms with van der Waals surface area (Å²) in [6, 6.07) is 19.3. The van der Waals surface area contributed by atoms with Crippen LogP contribution in [0.25, 0.3) is 0 Å². The highest BCUT2D eigenvalue weighted by Gasteiger charge is 2.27. The molecule has 0 radical (unpaired) electrons. The third-order valence-corrected chi connectivity index (χ3v) is 6.71. The normalized spacial score (nSPS) is 11.2.